The monoisotopic (exact) mass is 625 g/mol. The second-order valence-electron chi connectivity index (χ2n) is 9.75. The van der Waals surface area contributed by atoms with Crippen LogP contribution in [0.2, 0.25) is 0 Å². The van der Waals surface area contributed by atoms with Crippen molar-refractivity contribution in [2.24, 2.45) is 0 Å². The number of nitrogens with zero attached hydrogens (tertiary/aromatic N) is 2. The van der Waals surface area contributed by atoms with Crippen molar-refractivity contribution in [3.05, 3.63) is 77.9 Å². The van der Waals surface area contributed by atoms with Crippen LogP contribution in [0.1, 0.15) is 30.4 Å². The van der Waals surface area contributed by atoms with Crippen molar-refractivity contribution in [2.75, 3.05) is 36.4 Å². The van der Waals surface area contributed by atoms with E-state index in [4.69, 9.17) is 4.74 Å². The van der Waals surface area contributed by atoms with Gasteiger partial charge < -0.3 is 10.1 Å². The molecule has 1 heterocycles. The predicted molar refractivity (Wildman–Crippen MR) is 151 cm³/mol. The number of rotatable bonds is 9. The Bertz CT molecular complexity index is 1650. The molecule has 0 aliphatic carbocycles. The Labute approximate surface area is 243 Å². The van der Waals surface area contributed by atoms with Crippen molar-refractivity contribution in [3.8, 4) is 5.75 Å². The number of ether oxygens (including phenoxy) is 1. The Hall–Kier alpha value is -3.62. The van der Waals surface area contributed by atoms with E-state index in [0.717, 1.165) is 30.2 Å². The molecule has 3 aromatic rings. The van der Waals surface area contributed by atoms with Gasteiger partial charge in [0.15, 0.2) is 0 Å². The van der Waals surface area contributed by atoms with E-state index >= 15 is 0 Å². The number of aryl methyl sites for hydroxylation is 1. The molecule has 9 nitrogen and oxygen atoms in total. The number of piperidine rings is 1. The maximum atomic E-state index is 13.6. The summed E-state index contributed by atoms with van der Waals surface area (Å²) in [6.45, 7) is 1.52. The Kier molecular flexibility index (Phi) is 9.18. The third-order valence-electron chi connectivity index (χ3n) is 6.74. The van der Waals surface area contributed by atoms with E-state index in [9.17, 15) is 34.8 Å². The molecule has 1 amide bonds. The number of carbonyl (C=O) groups is 1. The van der Waals surface area contributed by atoms with Gasteiger partial charge in [0.05, 0.1) is 23.3 Å². The lowest BCUT2D eigenvalue weighted by Gasteiger charge is -2.27. The predicted octanol–water partition coefficient (Wildman–Crippen LogP) is 5.03. The van der Waals surface area contributed by atoms with Crippen LogP contribution >= 0.6 is 0 Å². The molecular weight excluding hydrogens is 595 g/mol. The van der Waals surface area contributed by atoms with Crippen molar-refractivity contribution in [2.45, 2.75) is 42.2 Å². The van der Waals surface area contributed by atoms with E-state index in [1.807, 2.05) is 0 Å². The van der Waals surface area contributed by atoms with Crippen LogP contribution in [-0.4, -0.2) is 53.8 Å². The third-order valence-corrected chi connectivity index (χ3v) is 10.4. The summed E-state index contributed by atoms with van der Waals surface area (Å²) in [6.07, 6.45) is -2.43. The SMILES string of the molecule is COc1ccc(NC(=O)CN(c2cccc(C(F)(F)F)c2)S(=O)(=O)c2ccc(C)cc2)cc1S(=O)(=O)N1CCCCC1. The van der Waals surface area contributed by atoms with Gasteiger partial charge in [0.1, 0.15) is 17.2 Å². The van der Waals surface area contributed by atoms with Gasteiger partial charge >= 0.3 is 6.18 Å². The van der Waals surface area contributed by atoms with E-state index in [0.29, 0.717) is 36.3 Å². The van der Waals surface area contributed by atoms with Crippen molar-refractivity contribution < 1.29 is 39.5 Å². The quantitative estimate of drug-likeness (QED) is 0.357. The van der Waals surface area contributed by atoms with Gasteiger partial charge in [-0.05, 0) is 68.3 Å². The highest BCUT2D eigenvalue weighted by Gasteiger charge is 2.34. The molecule has 1 saturated heterocycles. The first-order chi connectivity index (χ1) is 19.7. The molecule has 0 saturated carbocycles. The van der Waals surface area contributed by atoms with Gasteiger partial charge in [-0.1, -0.05) is 30.2 Å². The molecule has 0 radical (unpaired) electrons. The van der Waals surface area contributed by atoms with Gasteiger partial charge in [-0.15, -0.1) is 0 Å². The molecule has 0 unspecified atom stereocenters. The molecule has 3 aromatic carbocycles. The van der Waals surface area contributed by atoms with E-state index in [1.54, 1.807) is 6.92 Å². The molecule has 0 aromatic heterocycles. The summed E-state index contributed by atoms with van der Waals surface area (Å²) in [4.78, 5) is 12.8. The van der Waals surface area contributed by atoms with Crippen LogP contribution in [0, 0.1) is 6.92 Å². The molecule has 0 bridgehead atoms. The minimum absolute atomic E-state index is 0.0353. The first-order valence-corrected chi connectivity index (χ1v) is 15.9. The number of nitrogens with one attached hydrogen (secondary N) is 1. The molecule has 0 atom stereocenters. The van der Waals surface area contributed by atoms with Gasteiger partial charge in [0.25, 0.3) is 10.0 Å². The summed E-state index contributed by atoms with van der Waals surface area (Å²) in [7, 11) is -7.15. The zero-order chi connectivity index (χ0) is 30.7. The van der Waals surface area contributed by atoms with Gasteiger partial charge in [-0.25, -0.2) is 16.8 Å². The van der Waals surface area contributed by atoms with E-state index in [1.165, 1.54) is 53.9 Å². The Morgan fingerprint density at radius 1 is 0.952 bits per heavy atom. The van der Waals surface area contributed by atoms with Crippen LogP contribution in [0.25, 0.3) is 0 Å². The highest BCUT2D eigenvalue weighted by molar-refractivity contribution is 7.92. The number of alkyl halides is 3. The Balaban J connectivity index is 1.68. The fourth-order valence-corrected chi connectivity index (χ4v) is 7.63. The van der Waals surface area contributed by atoms with Crippen molar-refractivity contribution >= 4 is 37.3 Å². The lowest BCUT2D eigenvalue weighted by Crippen LogP contribution is -2.38. The molecule has 1 aliphatic heterocycles. The maximum Gasteiger partial charge on any atom is 0.416 e. The summed E-state index contributed by atoms with van der Waals surface area (Å²) >= 11 is 0. The lowest BCUT2D eigenvalue weighted by molar-refractivity contribution is -0.137. The molecular formula is C28H30F3N3O6S2. The van der Waals surface area contributed by atoms with Gasteiger partial charge in [0.2, 0.25) is 15.9 Å². The lowest BCUT2D eigenvalue weighted by atomic mass is 10.2. The van der Waals surface area contributed by atoms with Crippen LogP contribution < -0.4 is 14.4 Å². The number of hydrogen-bond acceptors (Lipinski definition) is 6. The normalized spacial score (nSPS) is 14.8. The highest BCUT2D eigenvalue weighted by Crippen LogP contribution is 2.34. The first kappa shape index (κ1) is 31.3. The zero-order valence-corrected chi connectivity index (χ0v) is 24.5. The zero-order valence-electron chi connectivity index (χ0n) is 22.9. The van der Waals surface area contributed by atoms with Crippen molar-refractivity contribution in [1.29, 1.82) is 0 Å². The maximum absolute atomic E-state index is 13.6. The highest BCUT2D eigenvalue weighted by atomic mass is 32.2. The number of amides is 1. The number of anilines is 2. The summed E-state index contributed by atoms with van der Waals surface area (Å²) in [5.74, 6) is -0.847. The van der Waals surface area contributed by atoms with E-state index < -0.39 is 44.2 Å². The minimum Gasteiger partial charge on any atom is -0.495 e. The Morgan fingerprint density at radius 2 is 1.62 bits per heavy atom. The summed E-state index contributed by atoms with van der Waals surface area (Å²) in [6, 6.07) is 13.3. The molecule has 14 heteroatoms. The molecule has 226 valence electrons. The number of sulfonamides is 2. The number of methoxy groups -OCH3 is 1. The summed E-state index contributed by atoms with van der Waals surface area (Å²) in [5.41, 5.74) is -0.670. The first-order valence-electron chi connectivity index (χ1n) is 13.0. The molecule has 1 fully saturated rings. The van der Waals surface area contributed by atoms with Crippen LogP contribution in [0.5, 0.6) is 5.75 Å². The van der Waals surface area contributed by atoms with Crippen LogP contribution in [0.4, 0.5) is 24.5 Å². The van der Waals surface area contributed by atoms with Crippen LogP contribution in [0.15, 0.2) is 76.5 Å². The molecule has 0 spiro atoms. The number of benzene rings is 3. The van der Waals surface area contributed by atoms with Crippen molar-refractivity contribution in [1.82, 2.24) is 4.31 Å². The summed E-state index contributed by atoms with van der Waals surface area (Å²) in [5, 5.41) is 2.48. The smallest absolute Gasteiger partial charge is 0.416 e. The van der Waals surface area contributed by atoms with E-state index in [-0.39, 0.29) is 26.9 Å². The van der Waals surface area contributed by atoms with E-state index in [2.05, 4.69) is 5.32 Å². The third kappa shape index (κ3) is 6.88. The fraction of sp³-hybridized carbons (Fsp3) is 0.321. The average molecular weight is 626 g/mol. The van der Waals surface area contributed by atoms with Gasteiger partial charge in [0, 0.05) is 18.8 Å². The topological polar surface area (TPSA) is 113 Å². The van der Waals surface area contributed by atoms with Crippen molar-refractivity contribution in [3.63, 3.8) is 0 Å². The van der Waals surface area contributed by atoms with Gasteiger partial charge in [-0.2, -0.15) is 17.5 Å². The second kappa shape index (κ2) is 12.3. The Morgan fingerprint density at radius 3 is 2.24 bits per heavy atom. The van der Waals surface area contributed by atoms with Crippen LogP contribution in [0.3, 0.4) is 0 Å². The summed E-state index contributed by atoms with van der Waals surface area (Å²) < 4.78 is 101. The second-order valence-corrected chi connectivity index (χ2v) is 13.5. The average Bonchev–Trinajstić information content (AvgIpc) is 2.96. The minimum atomic E-state index is -4.75. The molecule has 1 aliphatic rings. The molecule has 4 rings (SSSR count). The number of halogens is 3. The molecule has 1 N–H and O–H groups in total. The van der Waals surface area contributed by atoms with Crippen LogP contribution in [-0.2, 0) is 31.0 Å². The fourth-order valence-electron chi connectivity index (χ4n) is 4.52. The molecule has 42 heavy (non-hydrogen) atoms. The van der Waals surface area contributed by atoms with Gasteiger partial charge in [-0.3, -0.25) is 9.10 Å². The largest absolute Gasteiger partial charge is 0.495 e. The number of carbonyl (C=O) groups excluding carboxylic acids is 1. The number of hydrogen-bond donors (Lipinski definition) is 1. The standard InChI is InChI=1S/C28H30F3N3O6S2/c1-20-9-12-24(13-10-20)41(36,37)34(23-8-6-7-21(17-23)28(29,30)31)19-27(35)32-22-11-14-25(40-2)26(18-22)42(38,39)33-15-4-3-5-16-33/h6-14,17-18H,3-5,15-16,19H2,1-2H3,(H,32,35).